The normalized spacial score (nSPS) is 21.8. The lowest BCUT2D eigenvalue weighted by atomic mass is 10.4. The second kappa shape index (κ2) is 2.91. The number of ether oxygens (including phenoxy) is 1. The van der Waals surface area contributed by atoms with Gasteiger partial charge in [0.05, 0.1) is 6.26 Å². The zero-order valence-corrected chi connectivity index (χ0v) is 5.37. The number of hydrogen-bond acceptors (Lipinski definition) is 2. The molecule has 1 heterocycles. The molecule has 0 spiro atoms. The molecule has 0 aromatic rings. The highest BCUT2D eigenvalue weighted by Gasteiger charge is 2.03. The van der Waals surface area contributed by atoms with Crippen LogP contribution in [0.1, 0.15) is 0 Å². The van der Waals surface area contributed by atoms with Crippen LogP contribution in [0.4, 0.5) is 0 Å². The predicted molar refractivity (Wildman–Crippen MR) is 38.2 cm³/mol. The molecule has 0 aromatic carbocycles. The van der Waals surface area contributed by atoms with Crippen LogP contribution >= 0.6 is 0 Å². The summed E-state index contributed by atoms with van der Waals surface area (Å²) < 4.78 is 4.99. The van der Waals surface area contributed by atoms with Crippen LogP contribution in [0.25, 0.3) is 0 Å². The topological polar surface area (TPSA) is 71.1 Å². The third kappa shape index (κ3) is 1.81. The molecule has 1 aliphatic heterocycles. The molecular formula is C6H9N3O. The van der Waals surface area contributed by atoms with E-state index in [1.807, 2.05) is 6.08 Å². The van der Waals surface area contributed by atoms with Crippen LogP contribution in [-0.2, 0) is 4.74 Å². The quantitative estimate of drug-likeness (QED) is 0.351. The van der Waals surface area contributed by atoms with E-state index in [9.17, 15) is 0 Å². The van der Waals surface area contributed by atoms with Gasteiger partial charge in [-0.05, 0) is 12.2 Å². The molecule has 1 rings (SSSR count). The van der Waals surface area contributed by atoms with E-state index in [-0.39, 0.29) is 12.2 Å². The fourth-order valence-electron chi connectivity index (χ4n) is 0.621. The Bertz CT molecular complexity index is 185. The molecule has 0 radical (unpaired) electrons. The standard InChI is InChI=1S/C6H9N3O/c7-6(8)9-5-3-1-2-4-10-5/h1-5H,(H4,7,8,9). The van der Waals surface area contributed by atoms with Crippen molar-refractivity contribution in [3.05, 3.63) is 24.5 Å². The Morgan fingerprint density at radius 2 is 2.40 bits per heavy atom. The molecule has 10 heavy (non-hydrogen) atoms. The first kappa shape index (κ1) is 6.67. The summed E-state index contributed by atoms with van der Waals surface area (Å²) in [6.45, 7) is 0. The molecule has 1 unspecified atom stereocenters. The highest BCUT2D eigenvalue weighted by Crippen LogP contribution is 1.97. The van der Waals surface area contributed by atoms with E-state index in [2.05, 4.69) is 5.32 Å². The molecule has 0 amide bonds. The Labute approximate surface area is 58.9 Å². The van der Waals surface area contributed by atoms with Crippen LogP contribution in [0.3, 0.4) is 0 Å². The lowest BCUT2D eigenvalue weighted by Crippen LogP contribution is -2.39. The van der Waals surface area contributed by atoms with Gasteiger partial charge in [-0.3, -0.25) is 5.41 Å². The fourth-order valence-corrected chi connectivity index (χ4v) is 0.621. The van der Waals surface area contributed by atoms with Crippen molar-refractivity contribution in [3.8, 4) is 0 Å². The molecule has 0 bridgehead atoms. The summed E-state index contributed by atoms with van der Waals surface area (Å²) >= 11 is 0. The number of hydrogen-bond donors (Lipinski definition) is 3. The smallest absolute Gasteiger partial charge is 0.191 e. The predicted octanol–water partition coefficient (Wildman–Crippen LogP) is -0.104. The number of nitrogens with two attached hydrogens (primary N) is 1. The summed E-state index contributed by atoms with van der Waals surface area (Å²) in [5.41, 5.74) is 5.06. The van der Waals surface area contributed by atoms with E-state index in [1.54, 1.807) is 18.4 Å². The second-order valence-corrected chi connectivity index (χ2v) is 1.83. The highest BCUT2D eigenvalue weighted by atomic mass is 16.5. The van der Waals surface area contributed by atoms with Gasteiger partial charge in [0.1, 0.15) is 0 Å². The molecule has 0 saturated carbocycles. The van der Waals surface area contributed by atoms with Gasteiger partial charge in [0.25, 0.3) is 0 Å². The molecule has 1 aliphatic rings. The first-order chi connectivity index (χ1) is 4.79. The molecular weight excluding hydrogens is 130 g/mol. The van der Waals surface area contributed by atoms with Gasteiger partial charge in [-0.2, -0.15) is 0 Å². The maximum absolute atomic E-state index is 6.86. The lowest BCUT2D eigenvalue weighted by molar-refractivity contribution is 0.170. The SMILES string of the molecule is N=C(N)NC1C=CC=CO1. The minimum Gasteiger partial charge on any atom is -0.475 e. The Morgan fingerprint density at radius 3 is 2.90 bits per heavy atom. The first-order valence-corrected chi connectivity index (χ1v) is 2.88. The van der Waals surface area contributed by atoms with E-state index in [1.165, 1.54) is 0 Å². The molecule has 54 valence electrons. The van der Waals surface area contributed by atoms with Crippen LogP contribution in [0.2, 0.25) is 0 Å². The van der Waals surface area contributed by atoms with Crippen molar-refractivity contribution in [2.24, 2.45) is 5.73 Å². The summed E-state index contributed by atoms with van der Waals surface area (Å²) in [6, 6.07) is 0. The summed E-state index contributed by atoms with van der Waals surface area (Å²) in [5, 5.41) is 9.44. The zero-order chi connectivity index (χ0) is 7.40. The van der Waals surface area contributed by atoms with Crippen molar-refractivity contribution in [1.82, 2.24) is 5.32 Å². The summed E-state index contributed by atoms with van der Waals surface area (Å²) in [6.07, 6.45) is 6.60. The number of rotatable bonds is 1. The maximum Gasteiger partial charge on any atom is 0.191 e. The van der Waals surface area contributed by atoms with Crippen LogP contribution in [0.5, 0.6) is 0 Å². The van der Waals surface area contributed by atoms with Crippen LogP contribution in [0.15, 0.2) is 24.5 Å². The summed E-state index contributed by atoms with van der Waals surface area (Å²) in [5.74, 6) is -0.0926. The van der Waals surface area contributed by atoms with Crippen molar-refractivity contribution in [2.45, 2.75) is 6.23 Å². The maximum atomic E-state index is 6.86. The van der Waals surface area contributed by atoms with Gasteiger partial charge >= 0.3 is 0 Å². The highest BCUT2D eigenvalue weighted by molar-refractivity contribution is 5.74. The van der Waals surface area contributed by atoms with Gasteiger partial charge in [-0.15, -0.1) is 0 Å². The molecule has 0 saturated heterocycles. The Morgan fingerprint density at radius 1 is 1.60 bits per heavy atom. The van der Waals surface area contributed by atoms with Gasteiger partial charge in [-0.25, -0.2) is 0 Å². The fraction of sp³-hybridized carbons (Fsp3) is 0.167. The van der Waals surface area contributed by atoms with Gasteiger partial charge in [0.15, 0.2) is 12.2 Å². The number of allylic oxidation sites excluding steroid dienone is 2. The van der Waals surface area contributed by atoms with Crippen LogP contribution in [-0.4, -0.2) is 12.2 Å². The number of guanidine groups is 1. The minimum absolute atomic E-state index is 0.0926. The molecule has 0 aromatic heterocycles. The first-order valence-electron chi connectivity index (χ1n) is 2.88. The Balaban J connectivity index is 2.37. The van der Waals surface area contributed by atoms with Crippen LogP contribution < -0.4 is 11.1 Å². The Hall–Kier alpha value is -1.45. The molecule has 1 atom stereocenters. The molecule has 0 fully saturated rings. The summed E-state index contributed by atoms with van der Waals surface area (Å²) in [7, 11) is 0. The van der Waals surface area contributed by atoms with Crippen molar-refractivity contribution >= 4 is 5.96 Å². The van der Waals surface area contributed by atoms with Gasteiger partial charge in [-0.1, -0.05) is 6.08 Å². The molecule has 4 heteroatoms. The third-order valence-corrected chi connectivity index (χ3v) is 0.999. The zero-order valence-electron chi connectivity index (χ0n) is 5.37. The van der Waals surface area contributed by atoms with E-state index < -0.39 is 0 Å². The van der Waals surface area contributed by atoms with Gasteiger partial charge in [0, 0.05) is 0 Å². The average Bonchev–Trinajstić information content (AvgIpc) is 1.88. The Kier molecular flexibility index (Phi) is 1.94. The van der Waals surface area contributed by atoms with Gasteiger partial charge < -0.3 is 15.8 Å². The van der Waals surface area contributed by atoms with E-state index in [0.29, 0.717) is 0 Å². The molecule has 0 aliphatic carbocycles. The lowest BCUT2D eigenvalue weighted by Gasteiger charge is -2.15. The second-order valence-electron chi connectivity index (χ2n) is 1.83. The monoisotopic (exact) mass is 139 g/mol. The molecule has 4 N–H and O–H groups in total. The third-order valence-electron chi connectivity index (χ3n) is 0.999. The van der Waals surface area contributed by atoms with Crippen molar-refractivity contribution in [3.63, 3.8) is 0 Å². The summed E-state index contributed by atoms with van der Waals surface area (Å²) in [4.78, 5) is 0. The molecule has 4 nitrogen and oxygen atoms in total. The van der Waals surface area contributed by atoms with Crippen LogP contribution in [0, 0.1) is 5.41 Å². The number of nitrogens with one attached hydrogen (secondary N) is 2. The van der Waals surface area contributed by atoms with Crippen molar-refractivity contribution in [1.29, 1.82) is 5.41 Å². The average molecular weight is 139 g/mol. The van der Waals surface area contributed by atoms with Crippen molar-refractivity contribution in [2.75, 3.05) is 0 Å². The minimum atomic E-state index is -0.289. The van der Waals surface area contributed by atoms with Gasteiger partial charge in [0.2, 0.25) is 0 Å². The van der Waals surface area contributed by atoms with Crippen molar-refractivity contribution < 1.29 is 4.74 Å². The van der Waals surface area contributed by atoms with E-state index in [0.717, 1.165) is 0 Å². The van der Waals surface area contributed by atoms with E-state index in [4.69, 9.17) is 15.9 Å². The largest absolute Gasteiger partial charge is 0.475 e. The van der Waals surface area contributed by atoms with E-state index >= 15 is 0 Å².